The highest BCUT2D eigenvalue weighted by atomic mass is 32.1. The van der Waals surface area contributed by atoms with Crippen LogP contribution in [-0.4, -0.2) is 4.98 Å². The SMILES string of the molecule is c1ccc(-c2ccc(N(c3ccc(-c4cccc5ccccc45)cc3)c3cccc4c3sc3ncccc34)cc2)cc1. The van der Waals surface area contributed by atoms with Gasteiger partial charge in [0.15, 0.2) is 0 Å². The molecular weight excluding hydrogens is 529 g/mol. The molecule has 0 fully saturated rings. The lowest BCUT2D eigenvalue weighted by molar-refractivity contribution is 1.30. The predicted molar refractivity (Wildman–Crippen MR) is 180 cm³/mol. The average molecular weight is 555 g/mol. The Kier molecular flexibility index (Phi) is 6.02. The Balaban J connectivity index is 1.28. The molecule has 6 aromatic carbocycles. The first kappa shape index (κ1) is 24.5. The predicted octanol–water partition coefficient (Wildman–Crippen LogP) is 11.4. The summed E-state index contributed by atoms with van der Waals surface area (Å²) in [5.74, 6) is 0. The van der Waals surface area contributed by atoms with E-state index < -0.39 is 0 Å². The number of pyridine rings is 1. The minimum atomic E-state index is 1.06. The molecule has 42 heavy (non-hydrogen) atoms. The van der Waals surface area contributed by atoms with Crippen LogP contribution in [0.1, 0.15) is 0 Å². The molecule has 3 heteroatoms. The third kappa shape index (κ3) is 4.23. The van der Waals surface area contributed by atoms with Crippen molar-refractivity contribution < 1.29 is 0 Å². The summed E-state index contributed by atoms with van der Waals surface area (Å²) in [4.78, 5) is 8.11. The molecule has 8 rings (SSSR count). The quantitative estimate of drug-likeness (QED) is 0.210. The second-order valence-electron chi connectivity index (χ2n) is 10.4. The molecule has 8 aromatic rings. The molecule has 0 amide bonds. The Labute approximate surface area is 248 Å². The second kappa shape index (κ2) is 10.3. The molecule has 0 bridgehead atoms. The van der Waals surface area contributed by atoms with Crippen LogP contribution in [0.3, 0.4) is 0 Å². The number of hydrogen-bond acceptors (Lipinski definition) is 3. The third-order valence-electron chi connectivity index (χ3n) is 7.95. The van der Waals surface area contributed by atoms with E-state index in [-0.39, 0.29) is 0 Å². The second-order valence-corrected chi connectivity index (χ2v) is 11.4. The molecule has 0 aliphatic carbocycles. The molecule has 2 nitrogen and oxygen atoms in total. The van der Waals surface area contributed by atoms with Crippen LogP contribution >= 0.6 is 11.3 Å². The summed E-state index contributed by atoms with van der Waals surface area (Å²) in [6, 6.07) is 54.3. The average Bonchev–Trinajstić information content (AvgIpc) is 3.45. The van der Waals surface area contributed by atoms with Gasteiger partial charge in [0.25, 0.3) is 0 Å². The molecule has 0 aliphatic rings. The Morgan fingerprint density at radius 2 is 1.07 bits per heavy atom. The van der Waals surface area contributed by atoms with Gasteiger partial charge >= 0.3 is 0 Å². The number of fused-ring (bicyclic) bond motifs is 4. The van der Waals surface area contributed by atoms with Gasteiger partial charge in [0.05, 0.1) is 10.4 Å². The fourth-order valence-electron chi connectivity index (χ4n) is 5.92. The van der Waals surface area contributed by atoms with Gasteiger partial charge in [-0.25, -0.2) is 4.98 Å². The van der Waals surface area contributed by atoms with Crippen molar-refractivity contribution in [2.75, 3.05) is 4.90 Å². The van der Waals surface area contributed by atoms with Crippen molar-refractivity contribution in [3.63, 3.8) is 0 Å². The van der Waals surface area contributed by atoms with Gasteiger partial charge in [0, 0.05) is 28.3 Å². The zero-order valence-electron chi connectivity index (χ0n) is 22.8. The molecular formula is C39H26N2S. The van der Waals surface area contributed by atoms with Gasteiger partial charge in [0.2, 0.25) is 0 Å². The fourth-order valence-corrected chi connectivity index (χ4v) is 7.07. The van der Waals surface area contributed by atoms with E-state index in [2.05, 4.69) is 155 Å². The van der Waals surface area contributed by atoms with Crippen LogP contribution < -0.4 is 4.90 Å². The van der Waals surface area contributed by atoms with Crippen LogP contribution in [0.4, 0.5) is 17.1 Å². The third-order valence-corrected chi connectivity index (χ3v) is 9.11. The van der Waals surface area contributed by atoms with Crippen molar-refractivity contribution >= 4 is 59.5 Å². The van der Waals surface area contributed by atoms with Crippen molar-refractivity contribution in [1.29, 1.82) is 0 Å². The van der Waals surface area contributed by atoms with E-state index in [1.165, 1.54) is 48.5 Å². The maximum Gasteiger partial charge on any atom is 0.124 e. The highest BCUT2D eigenvalue weighted by molar-refractivity contribution is 7.26. The van der Waals surface area contributed by atoms with E-state index in [9.17, 15) is 0 Å². The molecule has 0 atom stereocenters. The number of aromatic nitrogens is 1. The molecule has 2 heterocycles. The fraction of sp³-hybridized carbons (Fsp3) is 0. The largest absolute Gasteiger partial charge is 0.309 e. The number of hydrogen-bond donors (Lipinski definition) is 0. The number of thiophene rings is 1. The van der Waals surface area contributed by atoms with Crippen molar-refractivity contribution in [2.24, 2.45) is 0 Å². The molecule has 0 unspecified atom stereocenters. The van der Waals surface area contributed by atoms with Crippen molar-refractivity contribution in [1.82, 2.24) is 4.98 Å². The lowest BCUT2D eigenvalue weighted by Gasteiger charge is -2.26. The normalized spacial score (nSPS) is 11.3. The van der Waals surface area contributed by atoms with Gasteiger partial charge in [-0.15, -0.1) is 11.3 Å². The Bertz CT molecular complexity index is 2170. The van der Waals surface area contributed by atoms with Gasteiger partial charge in [-0.3, -0.25) is 0 Å². The first-order valence-corrected chi connectivity index (χ1v) is 15.0. The molecule has 198 valence electrons. The van der Waals surface area contributed by atoms with Crippen LogP contribution in [0, 0.1) is 0 Å². The Hall–Kier alpha value is -5.25. The summed E-state index contributed by atoms with van der Waals surface area (Å²) in [7, 11) is 0. The summed E-state index contributed by atoms with van der Waals surface area (Å²) < 4.78 is 1.23. The number of nitrogens with zero attached hydrogens (tertiary/aromatic N) is 2. The number of benzene rings is 6. The molecule has 0 saturated heterocycles. The zero-order valence-corrected chi connectivity index (χ0v) is 23.6. The standard InChI is InChI=1S/C39H26N2S/c1-2-9-27(10-3-1)28-18-22-31(23-19-28)41(37-17-7-15-35-36-16-8-26-40-39(36)42-38(35)37)32-24-20-30(21-25-32)34-14-6-12-29-11-4-5-13-33(29)34/h1-26H. The van der Waals surface area contributed by atoms with Crippen molar-refractivity contribution in [2.45, 2.75) is 0 Å². The summed E-state index contributed by atoms with van der Waals surface area (Å²) in [6.07, 6.45) is 1.88. The maximum atomic E-state index is 4.68. The van der Waals surface area contributed by atoms with Gasteiger partial charge in [0.1, 0.15) is 4.83 Å². The Morgan fingerprint density at radius 3 is 1.88 bits per heavy atom. The van der Waals surface area contributed by atoms with Crippen molar-refractivity contribution in [3.8, 4) is 22.3 Å². The number of rotatable bonds is 5. The highest BCUT2D eigenvalue weighted by Gasteiger charge is 2.18. The highest BCUT2D eigenvalue weighted by Crippen LogP contribution is 2.44. The van der Waals surface area contributed by atoms with Crippen LogP contribution in [0.15, 0.2) is 158 Å². The van der Waals surface area contributed by atoms with E-state index in [1.54, 1.807) is 11.3 Å². The topological polar surface area (TPSA) is 16.1 Å². The van der Waals surface area contributed by atoms with Gasteiger partial charge in [-0.2, -0.15) is 0 Å². The van der Waals surface area contributed by atoms with E-state index >= 15 is 0 Å². The van der Waals surface area contributed by atoms with Gasteiger partial charge < -0.3 is 4.90 Å². The van der Waals surface area contributed by atoms with Crippen molar-refractivity contribution in [3.05, 3.63) is 158 Å². The van der Waals surface area contributed by atoms with Crippen LogP contribution in [0.25, 0.3) is 53.3 Å². The molecule has 0 spiro atoms. The van der Waals surface area contributed by atoms with E-state index in [4.69, 9.17) is 0 Å². The summed E-state index contributed by atoms with van der Waals surface area (Å²) in [5.41, 5.74) is 8.26. The molecule has 0 radical (unpaired) electrons. The van der Waals surface area contributed by atoms with Gasteiger partial charge in [-0.05, 0) is 75.5 Å². The lowest BCUT2D eigenvalue weighted by Crippen LogP contribution is -2.10. The van der Waals surface area contributed by atoms with Crippen LogP contribution in [-0.2, 0) is 0 Å². The Morgan fingerprint density at radius 1 is 0.452 bits per heavy atom. The minimum absolute atomic E-state index is 1.06. The lowest BCUT2D eigenvalue weighted by atomic mass is 9.98. The van der Waals surface area contributed by atoms with E-state index in [0.29, 0.717) is 0 Å². The molecule has 0 aliphatic heterocycles. The monoisotopic (exact) mass is 554 g/mol. The van der Waals surface area contributed by atoms with E-state index in [1.807, 2.05) is 12.3 Å². The van der Waals surface area contributed by atoms with Crippen LogP contribution in [0.5, 0.6) is 0 Å². The summed E-state index contributed by atoms with van der Waals surface area (Å²) >= 11 is 1.75. The maximum absolute atomic E-state index is 4.68. The number of anilines is 3. The zero-order chi connectivity index (χ0) is 27.9. The molecule has 0 saturated carbocycles. The molecule has 0 N–H and O–H groups in total. The van der Waals surface area contributed by atoms with E-state index in [0.717, 1.165) is 21.9 Å². The summed E-state index contributed by atoms with van der Waals surface area (Å²) in [5, 5.41) is 4.96. The van der Waals surface area contributed by atoms with Crippen LogP contribution in [0.2, 0.25) is 0 Å². The molecule has 2 aromatic heterocycles. The smallest absolute Gasteiger partial charge is 0.124 e. The minimum Gasteiger partial charge on any atom is -0.309 e. The summed E-state index contributed by atoms with van der Waals surface area (Å²) in [6.45, 7) is 0. The van der Waals surface area contributed by atoms with Gasteiger partial charge in [-0.1, -0.05) is 109 Å². The first-order valence-electron chi connectivity index (χ1n) is 14.1. The first-order chi connectivity index (χ1) is 20.8.